The summed E-state index contributed by atoms with van der Waals surface area (Å²) in [6, 6.07) is 6.71. The Labute approximate surface area is 137 Å². The molecule has 0 aliphatic rings. The molecule has 0 bridgehead atoms. The average Bonchev–Trinajstić information content (AvgIpc) is 3.04. The van der Waals surface area contributed by atoms with Gasteiger partial charge in [-0.3, -0.25) is 4.79 Å². The lowest BCUT2D eigenvalue weighted by molar-refractivity contribution is -0.159. The number of benzene rings is 1. The maximum Gasteiger partial charge on any atom is 0.471 e. The lowest BCUT2D eigenvalue weighted by Gasteiger charge is -2.21. The minimum atomic E-state index is -4.66. The quantitative estimate of drug-likeness (QED) is 0.799. The summed E-state index contributed by atoms with van der Waals surface area (Å²) in [6.07, 6.45) is -3.37. The Balaban J connectivity index is 2.12. The smallest absolute Gasteiger partial charge is 0.338 e. The Hall–Kier alpha value is -2.38. The predicted molar refractivity (Wildman–Crippen MR) is 80.7 cm³/mol. The van der Waals surface area contributed by atoms with Crippen molar-refractivity contribution in [3.05, 3.63) is 35.7 Å². The molecule has 0 aliphatic heterocycles. The van der Waals surface area contributed by atoms with Gasteiger partial charge in [0.1, 0.15) is 0 Å². The maximum atomic E-state index is 12.5. The zero-order valence-electron chi connectivity index (χ0n) is 13.4. The van der Waals surface area contributed by atoms with E-state index in [1.165, 1.54) is 0 Å². The third-order valence-electron chi connectivity index (χ3n) is 3.40. The molecule has 2 aromatic rings. The average molecular weight is 341 g/mol. The van der Waals surface area contributed by atoms with Gasteiger partial charge in [0.2, 0.25) is 11.7 Å². The van der Waals surface area contributed by atoms with Gasteiger partial charge in [-0.1, -0.05) is 43.3 Å². The molecule has 1 aromatic heterocycles. The molecule has 0 fully saturated rings. The summed E-state index contributed by atoms with van der Waals surface area (Å²) in [7, 11) is 0. The molecular weight excluding hydrogens is 323 g/mol. The van der Waals surface area contributed by atoms with Gasteiger partial charge in [0.25, 0.3) is 0 Å². The lowest BCUT2D eigenvalue weighted by atomic mass is 10.1. The molecular formula is C16H18F3N3O2. The summed E-state index contributed by atoms with van der Waals surface area (Å²) in [4.78, 5) is 17.0. The van der Waals surface area contributed by atoms with E-state index in [1.54, 1.807) is 29.2 Å². The number of hydrogen-bond acceptors (Lipinski definition) is 4. The van der Waals surface area contributed by atoms with Crippen LogP contribution in [0.5, 0.6) is 0 Å². The third kappa shape index (κ3) is 4.33. The highest BCUT2D eigenvalue weighted by Crippen LogP contribution is 2.29. The first kappa shape index (κ1) is 18.0. The van der Waals surface area contributed by atoms with Crippen LogP contribution in [0.25, 0.3) is 11.4 Å². The highest BCUT2D eigenvalue weighted by molar-refractivity contribution is 5.75. The number of carbonyl (C=O) groups excluding carboxylic acids is 1. The second kappa shape index (κ2) is 7.46. The van der Waals surface area contributed by atoms with Crippen molar-refractivity contribution in [3.63, 3.8) is 0 Å². The second-order valence-corrected chi connectivity index (χ2v) is 5.29. The molecule has 8 heteroatoms. The summed E-state index contributed by atoms with van der Waals surface area (Å²) < 4.78 is 41.6. The number of carbonyl (C=O) groups is 1. The molecule has 0 N–H and O–H groups in total. The van der Waals surface area contributed by atoms with Crippen molar-refractivity contribution in [2.75, 3.05) is 6.54 Å². The molecule has 0 atom stereocenters. The van der Waals surface area contributed by atoms with Crippen LogP contribution in [-0.4, -0.2) is 27.5 Å². The molecule has 130 valence electrons. The fraction of sp³-hybridized carbons (Fsp3) is 0.438. The van der Waals surface area contributed by atoms with Gasteiger partial charge in [0.05, 0.1) is 0 Å². The van der Waals surface area contributed by atoms with Gasteiger partial charge in [-0.05, 0) is 12.0 Å². The number of aromatic nitrogens is 2. The molecule has 1 amide bonds. The Morgan fingerprint density at radius 3 is 2.38 bits per heavy atom. The molecule has 0 radical (unpaired) electrons. The van der Waals surface area contributed by atoms with Crippen LogP contribution in [0.3, 0.4) is 0 Å². The van der Waals surface area contributed by atoms with E-state index < -0.39 is 12.1 Å². The molecule has 5 nitrogen and oxygen atoms in total. The molecule has 24 heavy (non-hydrogen) atoms. The van der Waals surface area contributed by atoms with E-state index in [2.05, 4.69) is 14.7 Å². The highest BCUT2D eigenvalue weighted by atomic mass is 19.4. The Bertz CT molecular complexity index is 681. The van der Waals surface area contributed by atoms with Crippen LogP contribution in [0.1, 0.15) is 38.1 Å². The number of halogens is 3. The number of nitrogens with zero attached hydrogens (tertiary/aromatic N) is 3. The van der Waals surface area contributed by atoms with Crippen molar-refractivity contribution < 1.29 is 22.5 Å². The van der Waals surface area contributed by atoms with Gasteiger partial charge in [-0.15, -0.1) is 0 Å². The number of alkyl halides is 3. The summed E-state index contributed by atoms with van der Waals surface area (Å²) in [5.41, 5.74) is 1.30. The predicted octanol–water partition coefficient (Wildman–Crippen LogP) is 3.90. The van der Waals surface area contributed by atoms with E-state index >= 15 is 0 Å². The molecule has 0 spiro atoms. The van der Waals surface area contributed by atoms with Crippen molar-refractivity contribution in [3.8, 4) is 11.4 Å². The minimum Gasteiger partial charge on any atom is -0.338 e. The normalized spacial score (nSPS) is 11.5. The number of hydrogen-bond donors (Lipinski definition) is 0. The summed E-state index contributed by atoms with van der Waals surface area (Å²) in [6.45, 7) is 4.92. The fourth-order valence-corrected chi connectivity index (χ4v) is 2.22. The SMILES string of the molecule is CCCN(Cc1ccc(-c2noc(C(F)(F)F)n2)cc1)C(=O)CC. The van der Waals surface area contributed by atoms with Crippen LogP contribution >= 0.6 is 0 Å². The Kier molecular flexibility index (Phi) is 5.58. The first-order valence-electron chi connectivity index (χ1n) is 7.63. The van der Waals surface area contributed by atoms with Crippen molar-refractivity contribution in [2.24, 2.45) is 0 Å². The van der Waals surface area contributed by atoms with E-state index in [4.69, 9.17) is 0 Å². The van der Waals surface area contributed by atoms with Gasteiger partial charge in [0.15, 0.2) is 0 Å². The van der Waals surface area contributed by atoms with Gasteiger partial charge in [-0.2, -0.15) is 18.2 Å². The number of amides is 1. The fourth-order valence-electron chi connectivity index (χ4n) is 2.22. The molecule has 1 heterocycles. The van der Waals surface area contributed by atoms with Crippen molar-refractivity contribution >= 4 is 5.91 Å². The van der Waals surface area contributed by atoms with Crippen LogP contribution < -0.4 is 0 Å². The molecule has 0 aliphatic carbocycles. The van der Waals surface area contributed by atoms with E-state index in [0.29, 0.717) is 25.1 Å². The Morgan fingerprint density at radius 2 is 1.88 bits per heavy atom. The van der Waals surface area contributed by atoms with Crippen LogP contribution in [0, 0.1) is 0 Å². The van der Waals surface area contributed by atoms with E-state index in [9.17, 15) is 18.0 Å². The van der Waals surface area contributed by atoms with Crippen LogP contribution in [0.15, 0.2) is 28.8 Å². The van der Waals surface area contributed by atoms with Crippen molar-refractivity contribution in [1.29, 1.82) is 0 Å². The highest BCUT2D eigenvalue weighted by Gasteiger charge is 2.38. The Morgan fingerprint density at radius 1 is 1.21 bits per heavy atom. The first-order chi connectivity index (χ1) is 11.3. The summed E-state index contributed by atoms with van der Waals surface area (Å²) >= 11 is 0. The maximum absolute atomic E-state index is 12.5. The zero-order valence-corrected chi connectivity index (χ0v) is 13.4. The largest absolute Gasteiger partial charge is 0.471 e. The van der Waals surface area contributed by atoms with E-state index in [0.717, 1.165) is 12.0 Å². The lowest BCUT2D eigenvalue weighted by Crippen LogP contribution is -2.30. The molecule has 0 saturated heterocycles. The monoisotopic (exact) mass is 341 g/mol. The van der Waals surface area contributed by atoms with E-state index in [1.807, 2.05) is 13.8 Å². The first-order valence-corrected chi connectivity index (χ1v) is 7.63. The van der Waals surface area contributed by atoms with Crippen molar-refractivity contribution in [2.45, 2.75) is 39.4 Å². The van der Waals surface area contributed by atoms with Gasteiger partial charge >= 0.3 is 12.1 Å². The third-order valence-corrected chi connectivity index (χ3v) is 3.40. The van der Waals surface area contributed by atoms with Crippen molar-refractivity contribution in [1.82, 2.24) is 15.0 Å². The zero-order chi connectivity index (χ0) is 17.7. The second-order valence-electron chi connectivity index (χ2n) is 5.29. The summed E-state index contributed by atoms with van der Waals surface area (Å²) in [5, 5.41) is 3.34. The molecule has 1 aromatic carbocycles. The van der Waals surface area contributed by atoms with Crippen LogP contribution in [0.4, 0.5) is 13.2 Å². The van der Waals surface area contributed by atoms with E-state index in [-0.39, 0.29) is 11.7 Å². The summed E-state index contributed by atoms with van der Waals surface area (Å²) in [5.74, 6) is -1.43. The molecule has 2 rings (SSSR count). The van der Waals surface area contributed by atoms with Gasteiger partial charge < -0.3 is 9.42 Å². The van der Waals surface area contributed by atoms with Crippen LogP contribution in [-0.2, 0) is 17.5 Å². The minimum absolute atomic E-state index is 0.0638. The molecule has 0 unspecified atom stereocenters. The standard InChI is InChI=1S/C16H18F3N3O2/c1-3-9-22(13(23)4-2)10-11-5-7-12(8-6-11)14-20-15(24-21-14)16(17,18)19/h5-8H,3-4,9-10H2,1-2H3. The van der Waals surface area contributed by atoms with Gasteiger partial charge in [0, 0.05) is 25.1 Å². The molecule has 0 saturated carbocycles. The van der Waals surface area contributed by atoms with Gasteiger partial charge in [-0.25, -0.2) is 0 Å². The number of rotatable bonds is 6. The van der Waals surface area contributed by atoms with Crippen LogP contribution in [0.2, 0.25) is 0 Å². The topological polar surface area (TPSA) is 59.2 Å².